The zero-order valence-electron chi connectivity index (χ0n) is 13.3. The predicted octanol–water partition coefficient (Wildman–Crippen LogP) is -0.0198. The Kier molecular flexibility index (Phi) is 5.86. The first kappa shape index (κ1) is 18.7. The van der Waals surface area contributed by atoms with E-state index in [-0.39, 0.29) is 10.8 Å². The van der Waals surface area contributed by atoms with Crippen molar-refractivity contribution >= 4 is 33.7 Å². The van der Waals surface area contributed by atoms with Crippen LogP contribution >= 0.6 is 11.8 Å². The second kappa shape index (κ2) is 7.51. The standard InChI is InChI=1S/C14H19N3O5S2/c1-9-3-5-11(6-4-9)24(20,21)22-17-13(19)12(15)14(17)23-8-7-16-10(2)18/h3-6,12,14H,7-8,15H2,1-2H3,(H,16,18)/t12-,14-/m1/s1. The molecule has 2 rings (SSSR count). The summed E-state index contributed by atoms with van der Waals surface area (Å²) in [5, 5.41) is 2.76. The van der Waals surface area contributed by atoms with Crippen LogP contribution in [0.5, 0.6) is 0 Å². The molecule has 0 spiro atoms. The summed E-state index contributed by atoms with van der Waals surface area (Å²) in [5.41, 5.74) is 6.61. The number of nitrogens with zero attached hydrogens (tertiary/aromatic N) is 1. The molecule has 10 heteroatoms. The van der Waals surface area contributed by atoms with Crippen molar-refractivity contribution in [2.75, 3.05) is 12.3 Å². The highest BCUT2D eigenvalue weighted by Crippen LogP contribution is 2.31. The van der Waals surface area contributed by atoms with E-state index >= 15 is 0 Å². The molecule has 8 nitrogen and oxygen atoms in total. The quantitative estimate of drug-likeness (QED) is 0.509. The first-order valence-electron chi connectivity index (χ1n) is 7.18. The lowest BCUT2D eigenvalue weighted by Gasteiger charge is -2.42. The smallest absolute Gasteiger partial charge is 0.317 e. The molecule has 24 heavy (non-hydrogen) atoms. The van der Waals surface area contributed by atoms with E-state index in [2.05, 4.69) is 5.32 Å². The maximum Gasteiger partial charge on any atom is 0.317 e. The van der Waals surface area contributed by atoms with E-state index < -0.39 is 27.4 Å². The van der Waals surface area contributed by atoms with E-state index in [1.807, 2.05) is 6.92 Å². The number of carbonyl (C=O) groups excluding carboxylic acids is 2. The lowest BCUT2D eigenvalue weighted by molar-refractivity contribution is -0.181. The van der Waals surface area contributed by atoms with Crippen LogP contribution in [-0.4, -0.2) is 49.0 Å². The molecule has 2 atom stereocenters. The molecule has 132 valence electrons. The SMILES string of the molecule is CC(=O)NCCS[C@@H]1[C@H](N)C(=O)N1OS(=O)(=O)c1ccc(C)cc1. The number of benzene rings is 1. The Labute approximate surface area is 144 Å². The Morgan fingerprint density at radius 3 is 2.58 bits per heavy atom. The van der Waals surface area contributed by atoms with Crippen LogP contribution in [0.4, 0.5) is 0 Å². The lowest BCUT2D eigenvalue weighted by atomic mass is 10.2. The monoisotopic (exact) mass is 373 g/mol. The van der Waals surface area contributed by atoms with Crippen molar-refractivity contribution in [3.05, 3.63) is 29.8 Å². The molecule has 1 aliphatic rings. The van der Waals surface area contributed by atoms with E-state index in [4.69, 9.17) is 10.0 Å². The molecule has 1 saturated heterocycles. The fraction of sp³-hybridized carbons (Fsp3) is 0.429. The topological polar surface area (TPSA) is 119 Å². The van der Waals surface area contributed by atoms with Gasteiger partial charge in [-0.25, -0.2) is 0 Å². The zero-order valence-corrected chi connectivity index (χ0v) is 14.9. The van der Waals surface area contributed by atoms with Crippen LogP contribution in [0.2, 0.25) is 0 Å². The third-order valence-electron chi connectivity index (χ3n) is 3.29. The van der Waals surface area contributed by atoms with Gasteiger partial charge in [0.2, 0.25) is 5.91 Å². The second-order valence-corrected chi connectivity index (χ2v) is 8.03. The minimum absolute atomic E-state index is 0.0385. The maximum atomic E-state index is 12.2. The van der Waals surface area contributed by atoms with Crippen LogP contribution in [0.15, 0.2) is 29.2 Å². The molecule has 1 aromatic rings. The number of hydrogen-bond donors (Lipinski definition) is 2. The summed E-state index contributed by atoms with van der Waals surface area (Å²) >= 11 is 1.24. The fourth-order valence-corrected chi connectivity index (χ4v) is 4.02. The molecule has 3 N–H and O–H groups in total. The normalized spacial score (nSPS) is 20.6. The lowest BCUT2D eigenvalue weighted by Crippen LogP contribution is -2.67. The minimum atomic E-state index is -4.10. The summed E-state index contributed by atoms with van der Waals surface area (Å²) < 4.78 is 29.4. The number of amides is 2. The molecule has 0 bridgehead atoms. The Morgan fingerprint density at radius 1 is 1.38 bits per heavy atom. The molecular formula is C14H19N3O5S2. The van der Waals surface area contributed by atoms with Gasteiger partial charge in [0.1, 0.15) is 11.4 Å². The van der Waals surface area contributed by atoms with Gasteiger partial charge in [0, 0.05) is 19.2 Å². The van der Waals surface area contributed by atoms with Gasteiger partial charge in [-0.05, 0) is 19.1 Å². The molecule has 0 unspecified atom stereocenters. The van der Waals surface area contributed by atoms with E-state index in [0.717, 1.165) is 10.6 Å². The largest absolute Gasteiger partial charge is 0.356 e. The number of aryl methyl sites for hydroxylation is 1. The molecule has 0 radical (unpaired) electrons. The van der Waals surface area contributed by atoms with Crippen molar-refractivity contribution in [3.8, 4) is 0 Å². The van der Waals surface area contributed by atoms with E-state index in [1.54, 1.807) is 12.1 Å². The van der Waals surface area contributed by atoms with Gasteiger partial charge in [0.25, 0.3) is 5.91 Å². The van der Waals surface area contributed by atoms with Crippen molar-refractivity contribution < 1.29 is 22.3 Å². The number of nitrogens with two attached hydrogens (primary N) is 1. The Bertz CT molecular complexity index is 720. The molecule has 1 aliphatic heterocycles. The van der Waals surface area contributed by atoms with Crippen molar-refractivity contribution in [2.45, 2.75) is 30.2 Å². The molecular weight excluding hydrogens is 354 g/mol. The number of nitrogens with one attached hydrogen (secondary N) is 1. The van der Waals surface area contributed by atoms with Crippen LogP contribution in [-0.2, 0) is 24.0 Å². The first-order chi connectivity index (χ1) is 11.2. The molecule has 2 amide bonds. The molecule has 1 fully saturated rings. The molecule has 0 saturated carbocycles. The summed E-state index contributed by atoms with van der Waals surface area (Å²) in [7, 11) is -4.10. The van der Waals surface area contributed by atoms with Crippen molar-refractivity contribution in [1.82, 2.24) is 10.4 Å². The third-order valence-corrected chi connectivity index (χ3v) is 5.77. The third kappa shape index (κ3) is 4.26. The van der Waals surface area contributed by atoms with Gasteiger partial charge in [-0.15, -0.1) is 16.0 Å². The van der Waals surface area contributed by atoms with Crippen molar-refractivity contribution in [3.63, 3.8) is 0 Å². The highest BCUT2D eigenvalue weighted by atomic mass is 32.2. The first-order valence-corrected chi connectivity index (χ1v) is 9.64. The molecule has 0 aromatic heterocycles. The number of β-lactam (4-membered cyclic amide) rings is 1. The number of hydroxylamine groups is 2. The molecule has 1 aromatic carbocycles. The summed E-state index contributed by atoms with van der Waals surface area (Å²) in [6.07, 6.45) is 0. The van der Waals surface area contributed by atoms with Crippen molar-refractivity contribution in [2.24, 2.45) is 5.73 Å². The average molecular weight is 373 g/mol. The van der Waals surface area contributed by atoms with E-state index in [9.17, 15) is 18.0 Å². The van der Waals surface area contributed by atoms with Crippen LogP contribution in [0, 0.1) is 6.92 Å². The summed E-state index contributed by atoms with van der Waals surface area (Å²) in [6, 6.07) is 5.27. The van der Waals surface area contributed by atoms with Gasteiger partial charge < -0.3 is 11.1 Å². The summed E-state index contributed by atoms with van der Waals surface area (Å²) in [6.45, 7) is 3.61. The number of hydrogen-bond acceptors (Lipinski definition) is 7. The minimum Gasteiger partial charge on any atom is -0.356 e. The van der Waals surface area contributed by atoms with Gasteiger partial charge in [-0.3, -0.25) is 9.59 Å². The van der Waals surface area contributed by atoms with Gasteiger partial charge in [-0.2, -0.15) is 13.5 Å². The Balaban J connectivity index is 1.99. The Morgan fingerprint density at radius 2 is 2.00 bits per heavy atom. The predicted molar refractivity (Wildman–Crippen MR) is 89.2 cm³/mol. The van der Waals surface area contributed by atoms with Crippen LogP contribution < -0.4 is 11.1 Å². The second-order valence-electron chi connectivity index (χ2n) is 5.28. The van der Waals surface area contributed by atoms with Gasteiger partial charge in [0.05, 0.1) is 4.90 Å². The molecule has 0 aliphatic carbocycles. The Hall–Kier alpha value is -1.62. The van der Waals surface area contributed by atoms with Gasteiger partial charge >= 0.3 is 10.1 Å². The van der Waals surface area contributed by atoms with Crippen LogP contribution in [0.3, 0.4) is 0 Å². The van der Waals surface area contributed by atoms with Gasteiger partial charge in [0.15, 0.2) is 0 Å². The fourth-order valence-electron chi connectivity index (χ4n) is 1.97. The van der Waals surface area contributed by atoms with Crippen LogP contribution in [0.25, 0.3) is 0 Å². The number of thioether (sulfide) groups is 1. The number of rotatable bonds is 7. The summed E-state index contributed by atoms with van der Waals surface area (Å²) in [4.78, 5) is 22.6. The highest BCUT2D eigenvalue weighted by Gasteiger charge is 2.49. The van der Waals surface area contributed by atoms with E-state index in [1.165, 1.54) is 30.8 Å². The van der Waals surface area contributed by atoms with Crippen LogP contribution in [0.1, 0.15) is 12.5 Å². The summed E-state index contributed by atoms with van der Waals surface area (Å²) in [5.74, 6) is -0.294. The highest BCUT2D eigenvalue weighted by molar-refractivity contribution is 8.00. The number of carbonyl (C=O) groups is 2. The average Bonchev–Trinajstić information content (AvgIpc) is 2.53. The molecule has 1 heterocycles. The van der Waals surface area contributed by atoms with Crippen molar-refractivity contribution in [1.29, 1.82) is 0 Å². The zero-order chi connectivity index (χ0) is 17.9. The van der Waals surface area contributed by atoms with E-state index in [0.29, 0.717) is 12.3 Å². The maximum absolute atomic E-state index is 12.2. The van der Waals surface area contributed by atoms with Gasteiger partial charge in [-0.1, -0.05) is 17.7 Å².